The molecule has 0 N–H and O–H groups in total. The van der Waals surface area contributed by atoms with Crippen LogP contribution in [0.2, 0.25) is 0 Å². The lowest BCUT2D eigenvalue weighted by Crippen LogP contribution is -2.02. The van der Waals surface area contributed by atoms with E-state index in [1.807, 2.05) is 6.07 Å². The molecular formula is C12H12N4O2. The van der Waals surface area contributed by atoms with Crippen LogP contribution in [0.3, 0.4) is 0 Å². The molecule has 2 aromatic rings. The molecule has 0 saturated carbocycles. The number of methoxy groups -OCH3 is 2. The topological polar surface area (TPSA) is 73.0 Å². The van der Waals surface area contributed by atoms with Crippen molar-refractivity contribution in [2.24, 2.45) is 0 Å². The first-order chi connectivity index (χ1) is 8.71. The summed E-state index contributed by atoms with van der Waals surface area (Å²) in [6.07, 6.45) is 0. The molecule has 0 spiro atoms. The lowest BCUT2D eigenvalue weighted by atomic mass is 10.2. The van der Waals surface area contributed by atoms with Gasteiger partial charge in [0, 0.05) is 6.07 Å². The van der Waals surface area contributed by atoms with E-state index in [0.717, 1.165) is 0 Å². The molecule has 1 aromatic carbocycles. The van der Waals surface area contributed by atoms with Gasteiger partial charge in [-0.15, -0.1) is 5.10 Å². The number of hydrogen-bond donors (Lipinski definition) is 0. The highest BCUT2D eigenvalue weighted by atomic mass is 16.5. The van der Waals surface area contributed by atoms with Crippen LogP contribution in [-0.2, 0) is 0 Å². The van der Waals surface area contributed by atoms with E-state index in [1.54, 1.807) is 44.0 Å². The third-order valence-electron chi connectivity index (χ3n) is 2.62. The van der Waals surface area contributed by atoms with Crippen molar-refractivity contribution in [3.05, 3.63) is 29.6 Å². The molecule has 0 saturated heterocycles. The Balaban J connectivity index is 2.57. The van der Waals surface area contributed by atoms with E-state index in [4.69, 9.17) is 14.7 Å². The summed E-state index contributed by atoms with van der Waals surface area (Å²) in [5.74, 6) is 1.29. The number of hydrogen-bond acceptors (Lipinski definition) is 5. The summed E-state index contributed by atoms with van der Waals surface area (Å²) in [4.78, 5) is 0. The Bertz CT molecular complexity index is 613. The lowest BCUT2D eigenvalue weighted by molar-refractivity contribution is 0.392. The van der Waals surface area contributed by atoms with Gasteiger partial charge in [-0.25, -0.2) is 4.68 Å². The molecule has 1 aromatic heterocycles. The van der Waals surface area contributed by atoms with Gasteiger partial charge in [-0.3, -0.25) is 0 Å². The average molecular weight is 244 g/mol. The molecule has 0 unspecified atom stereocenters. The van der Waals surface area contributed by atoms with Crippen LogP contribution >= 0.6 is 0 Å². The molecule has 92 valence electrons. The zero-order valence-corrected chi connectivity index (χ0v) is 10.3. The SMILES string of the molecule is COc1ccc(-n2nnc(C#N)c2C)c(OC)c1. The summed E-state index contributed by atoms with van der Waals surface area (Å²) in [7, 11) is 3.15. The maximum Gasteiger partial charge on any atom is 0.186 e. The largest absolute Gasteiger partial charge is 0.497 e. The Hall–Kier alpha value is -2.55. The second kappa shape index (κ2) is 4.75. The summed E-state index contributed by atoms with van der Waals surface area (Å²) in [6, 6.07) is 7.34. The first kappa shape index (κ1) is 11.9. The Labute approximate surface area is 104 Å². The Morgan fingerprint density at radius 1 is 1.28 bits per heavy atom. The highest BCUT2D eigenvalue weighted by Gasteiger charge is 2.13. The van der Waals surface area contributed by atoms with Gasteiger partial charge in [0.15, 0.2) is 5.69 Å². The molecule has 2 rings (SSSR count). The van der Waals surface area contributed by atoms with Crippen molar-refractivity contribution in [3.8, 4) is 23.3 Å². The molecule has 0 aliphatic heterocycles. The van der Waals surface area contributed by atoms with Gasteiger partial charge in [0.2, 0.25) is 0 Å². The van der Waals surface area contributed by atoms with Crippen molar-refractivity contribution in [2.45, 2.75) is 6.92 Å². The van der Waals surface area contributed by atoms with Crippen molar-refractivity contribution >= 4 is 0 Å². The van der Waals surface area contributed by atoms with E-state index in [1.165, 1.54) is 0 Å². The van der Waals surface area contributed by atoms with Crippen molar-refractivity contribution in [3.63, 3.8) is 0 Å². The maximum atomic E-state index is 8.87. The van der Waals surface area contributed by atoms with E-state index in [0.29, 0.717) is 28.6 Å². The highest BCUT2D eigenvalue weighted by Crippen LogP contribution is 2.28. The number of aromatic nitrogens is 3. The minimum Gasteiger partial charge on any atom is -0.497 e. The molecule has 0 aliphatic carbocycles. The Kier molecular flexibility index (Phi) is 3.15. The fourth-order valence-corrected chi connectivity index (χ4v) is 1.62. The van der Waals surface area contributed by atoms with E-state index in [9.17, 15) is 0 Å². The van der Waals surface area contributed by atoms with E-state index in [2.05, 4.69) is 10.3 Å². The molecule has 0 fully saturated rings. The van der Waals surface area contributed by atoms with Gasteiger partial charge in [0.05, 0.1) is 19.9 Å². The molecule has 1 heterocycles. The van der Waals surface area contributed by atoms with Crippen LogP contribution in [0.1, 0.15) is 11.4 Å². The summed E-state index contributed by atoms with van der Waals surface area (Å²) in [5.41, 5.74) is 1.68. The summed E-state index contributed by atoms with van der Waals surface area (Å²) >= 11 is 0. The molecular weight excluding hydrogens is 232 g/mol. The van der Waals surface area contributed by atoms with Gasteiger partial charge >= 0.3 is 0 Å². The number of benzene rings is 1. The van der Waals surface area contributed by atoms with Crippen LogP contribution in [0.5, 0.6) is 11.5 Å². The predicted molar refractivity (Wildman–Crippen MR) is 63.9 cm³/mol. The van der Waals surface area contributed by atoms with Crippen molar-refractivity contribution in [2.75, 3.05) is 14.2 Å². The normalized spacial score (nSPS) is 9.89. The molecule has 0 bridgehead atoms. The van der Waals surface area contributed by atoms with E-state index in [-0.39, 0.29) is 0 Å². The zero-order chi connectivity index (χ0) is 13.1. The van der Waals surface area contributed by atoms with Crippen LogP contribution in [0, 0.1) is 18.3 Å². The first-order valence-electron chi connectivity index (χ1n) is 5.26. The fourth-order valence-electron chi connectivity index (χ4n) is 1.62. The molecule has 0 amide bonds. The second-order valence-electron chi connectivity index (χ2n) is 3.58. The minimum atomic E-state index is 0.299. The van der Waals surface area contributed by atoms with Crippen LogP contribution in [0.4, 0.5) is 0 Å². The molecule has 0 aliphatic rings. The van der Waals surface area contributed by atoms with Crippen LogP contribution in [0.15, 0.2) is 18.2 Å². The smallest absolute Gasteiger partial charge is 0.186 e. The molecule has 0 atom stereocenters. The number of ether oxygens (including phenoxy) is 2. The zero-order valence-electron chi connectivity index (χ0n) is 10.3. The average Bonchev–Trinajstić information content (AvgIpc) is 2.78. The summed E-state index contributed by atoms with van der Waals surface area (Å²) in [6.45, 7) is 1.78. The van der Waals surface area contributed by atoms with Crippen molar-refractivity contribution < 1.29 is 9.47 Å². The van der Waals surface area contributed by atoms with Gasteiger partial charge < -0.3 is 9.47 Å². The quantitative estimate of drug-likeness (QED) is 0.817. The molecule has 6 heteroatoms. The monoisotopic (exact) mass is 244 g/mol. The van der Waals surface area contributed by atoms with Gasteiger partial charge in [-0.2, -0.15) is 5.26 Å². The van der Waals surface area contributed by atoms with Gasteiger partial charge in [-0.05, 0) is 19.1 Å². The van der Waals surface area contributed by atoms with Gasteiger partial charge in [-0.1, -0.05) is 5.21 Å². The van der Waals surface area contributed by atoms with Crippen LogP contribution in [0.25, 0.3) is 5.69 Å². The second-order valence-corrected chi connectivity index (χ2v) is 3.58. The Morgan fingerprint density at radius 3 is 2.61 bits per heavy atom. The van der Waals surface area contributed by atoms with Crippen LogP contribution in [-0.4, -0.2) is 29.2 Å². The van der Waals surface area contributed by atoms with E-state index >= 15 is 0 Å². The van der Waals surface area contributed by atoms with Crippen molar-refractivity contribution in [1.82, 2.24) is 15.0 Å². The molecule has 0 radical (unpaired) electrons. The third-order valence-corrected chi connectivity index (χ3v) is 2.62. The van der Waals surface area contributed by atoms with Crippen LogP contribution < -0.4 is 9.47 Å². The fraction of sp³-hybridized carbons (Fsp3) is 0.250. The number of nitriles is 1. The Morgan fingerprint density at radius 2 is 2.06 bits per heavy atom. The maximum absolute atomic E-state index is 8.87. The lowest BCUT2D eigenvalue weighted by Gasteiger charge is -2.10. The molecule has 18 heavy (non-hydrogen) atoms. The summed E-state index contributed by atoms with van der Waals surface area (Å²) in [5, 5.41) is 16.6. The van der Waals surface area contributed by atoms with E-state index < -0.39 is 0 Å². The predicted octanol–water partition coefficient (Wildman–Crippen LogP) is 1.46. The number of rotatable bonds is 3. The highest BCUT2D eigenvalue weighted by molar-refractivity contribution is 5.51. The van der Waals surface area contributed by atoms with Crippen molar-refractivity contribution in [1.29, 1.82) is 5.26 Å². The standard InChI is InChI=1S/C12H12N4O2/c1-8-10(7-13)14-15-16(8)11-5-4-9(17-2)6-12(11)18-3/h4-6H,1-3H3. The summed E-state index contributed by atoms with van der Waals surface area (Å²) < 4.78 is 12.0. The third kappa shape index (κ3) is 1.86. The molecule has 6 nitrogen and oxygen atoms in total. The van der Waals surface area contributed by atoms with Gasteiger partial charge in [0.1, 0.15) is 23.3 Å². The van der Waals surface area contributed by atoms with Gasteiger partial charge in [0.25, 0.3) is 0 Å². The first-order valence-corrected chi connectivity index (χ1v) is 5.26. The number of nitrogens with zero attached hydrogens (tertiary/aromatic N) is 4. The minimum absolute atomic E-state index is 0.299.